The summed E-state index contributed by atoms with van der Waals surface area (Å²) in [6, 6.07) is 12.8. The van der Waals surface area contributed by atoms with E-state index in [9.17, 15) is 18.0 Å². The SMILES string of the molecule is NCC(=O)Nc1ccc(-c2ccnc(Nc3ccc(N4CCOCC4)cc3)n2)cc1C(F)(F)F. The van der Waals surface area contributed by atoms with Crippen LogP contribution in [0.5, 0.6) is 0 Å². The molecule has 0 saturated carbocycles. The zero-order chi connectivity index (χ0) is 24.1. The van der Waals surface area contributed by atoms with Gasteiger partial charge in [-0.3, -0.25) is 4.79 Å². The Kier molecular flexibility index (Phi) is 6.94. The van der Waals surface area contributed by atoms with E-state index in [1.807, 2.05) is 24.3 Å². The molecule has 1 fully saturated rings. The molecule has 1 saturated heterocycles. The van der Waals surface area contributed by atoms with Crippen molar-refractivity contribution >= 4 is 28.9 Å². The molecule has 1 amide bonds. The van der Waals surface area contributed by atoms with Crippen LogP contribution < -0.4 is 21.3 Å². The molecule has 0 spiro atoms. The first-order valence-electron chi connectivity index (χ1n) is 10.6. The summed E-state index contributed by atoms with van der Waals surface area (Å²) in [6.07, 6.45) is -3.21. The molecule has 0 aliphatic carbocycles. The summed E-state index contributed by atoms with van der Waals surface area (Å²) >= 11 is 0. The van der Waals surface area contributed by atoms with E-state index >= 15 is 0 Å². The first kappa shape index (κ1) is 23.5. The van der Waals surface area contributed by atoms with Crippen molar-refractivity contribution in [3.05, 3.63) is 60.3 Å². The molecule has 4 N–H and O–H groups in total. The molecule has 1 aliphatic heterocycles. The molecule has 178 valence electrons. The summed E-state index contributed by atoms with van der Waals surface area (Å²) in [6.45, 7) is 2.61. The number of halogens is 3. The summed E-state index contributed by atoms with van der Waals surface area (Å²) in [5, 5.41) is 5.25. The summed E-state index contributed by atoms with van der Waals surface area (Å²) in [7, 11) is 0. The van der Waals surface area contributed by atoms with Crippen LogP contribution in [0.1, 0.15) is 5.56 Å². The second-order valence-corrected chi connectivity index (χ2v) is 7.55. The number of anilines is 4. The Morgan fingerprint density at radius 2 is 1.82 bits per heavy atom. The van der Waals surface area contributed by atoms with Gasteiger partial charge in [0.1, 0.15) is 0 Å². The molecular formula is C23H23F3N6O2. The number of hydrogen-bond acceptors (Lipinski definition) is 7. The van der Waals surface area contributed by atoms with Crippen LogP contribution in [0.15, 0.2) is 54.7 Å². The number of amides is 1. The van der Waals surface area contributed by atoms with Crippen molar-refractivity contribution in [3.63, 3.8) is 0 Å². The number of hydrogen-bond donors (Lipinski definition) is 3. The van der Waals surface area contributed by atoms with Crippen LogP contribution in [0.25, 0.3) is 11.3 Å². The van der Waals surface area contributed by atoms with Gasteiger partial charge >= 0.3 is 6.18 Å². The maximum atomic E-state index is 13.6. The molecule has 0 unspecified atom stereocenters. The summed E-state index contributed by atoms with van der Waals surface area (Å²) in [5.74, 6) is -0.475. The second kappa shape index (κ2) is 10.1. The van der Waals surface area contributed by atoms with Gasteiger partial charge in [-0.2, -0.15) is 13.2 Å². The van der Waals surface area contributed by atoms with Gasteiger partial charge in [0.25, 0.3) is 0 Å². The zero-order valence-electron chi connectivity index (χ0n) is 18.1. The lowest BCUT2D eigenvalue weighted by molar-refractivity contribution is -0.136. The van der Waals surface area contributed by atoms with Crippen LogP contribution in [0.4, 0.5) is 36.2 Å². The Labute approximate surface area is 194 Å². The van der Waals surface area contributed by atoms with Crippen molar-refractivity contribution < 1.29 is 22.7 Å². The highest BCUT2D eigenvalue weighted by Crippen LogP contribution is 2.37. The van der Waals surface area contributed by atoms with Gasteiger partial charge in [-0.25, -0.2) is 9.97 Å². The van der Waals surface area contributed by atoms with E-state index < -0.39 is 24.2 Å². The van der Waals surface area contributed by atoms with Crippen molar-refractivity contribution in [1.29, 1.82) is 0 Å². The fourth-order valence-corrected chi connectivity index (χ4v) is 3.53. The average molecular weight is 472 g/mol. The van der Waals surface area contributed by atoms with Gasteiger partial charge in [0.2, 0.25) is 11.9 Å². The van der Waals surface area contributed by atoms with Crippen molar-refractivity contribution in [2.75, 3.05) is 48.4 Å². The fourth-order valence-electron chi connectivity index (χ4n) is 3.53. The molecule has 4 rings (SSSR count). The van der Waals surface area contributed by atoms with Crippen LogP contribution >= 0.6 is 0 Å². The maximum Gasteiger partial charge on any atom is 0.418 e. The minimum Gasteiger partial charge on any atom is -0.378 e. The minimum absolute atomic E-state index is 0.228. The van der Waals surface area contributed by atoms with Gasteiger partial charge in [-0.15, -0.1) is 0 Å². The number of benzene rings is 2. The topological polar surface area (TPSA) is 105 Å². The predicted molar refractivity (Wildman–Crippen MR) is 123 cm³/mol. The predicted octanol–water partition coefficient (Wildman–Crippen LogP) is 3.64. The van der Waals surface area contributed by atoms with E-state index in [4.69, 9.17) is 10.5 Å². The zero-order valence-corrected chi connectivity index (χ0v) is 18.1. The number of aromatic nitrogens is 2. The highest BCUT2D eigenvalue weighted by Gasteiger charge is 2.34. The summed E-state index contributed by atoms with van der Waals surface area (Å²) in [5.41, 5.74) is 6.19. The molecule has 3 aromatic rings. The van der Waals surface area contributed by atoms with E-state index in [2.05, 4.69) is 25.5 Å². The lowest BCUT2D eigenvalue weighted by Crippen LogP contribution is -2.36. The molecular weight excluding hydrogens is 449 g/mol. The van der Waals surface area contributed by atoms with E-state index in [0.717, 1.165) is 30.5 Å². The average Bonchev–Trinajstić information content (AvgIpc) is 2.85. The molecule has 8 nitrogen and oxygen atoms in total. The van der Waals surface area contributed by atoms with Gasteiger partial charge in [-0.05, 0) is 42.5 Å². The Bertz CT molecular complexity index is 1150. The first-order chi connectivity index (χ1) is 16.3. The summed E-state index contributed by atoms with van der Waals surface area (Å²) in [4.78, 5) is 22.3. The molecule has 0 atom stereocenters. The Balaban J connectivity index is 1.54. The third-order valence-electron chi connectivity index (χ3n) is 5.24. The maximum absolute atomic E-state index is 13.6. The number of nitrogens with one attached hydrogen (secondary N) is 2. The molecule has 34 heavy (non-hydrogen) atoms. The van der Waals surface area contributed by atoms with Crippen LogP contribution in [0, 0.1) is 0 Å². The van der Waals surface area contributed by atoms with Crippen LogP contribution in [-0.4, -0.2) is 48.7 Å². The highest BCUT2D eigenvalue weighted by atomic mass is 19.4. The van der Waals surface area contributed by atoms with Crippen LogP contribution in [-0.2, 0) is 15.7 Å². The standard InChI is InChI=1S/C23H23F3N6O2/c24-23(25,26)18-13-15(1-6-20(18)30-21(33)14-27)19-7-8-28-22(31-19)29-16-2-4-17(5-3-16)32-9-11-34-12-10-32/h1-8,13H,9-12,14,27H2,(H,30,33)(H,28,29,31). The highest BCUT2D eigenvalue weighted by molar-refractivity contribution is 5.93. The van der Waals surface area contributed by atoms with Gasteiger partial charge in [-0.1, -0.05) is 6.07 Å². The summed E-state index contributed by atoms with van der Waals surface area (Å²) < 4.78 is 46.2. The second-order valence-electron chi connectivity index (χ2n) is 7.55. The number of nitrogens with zero attached hydrogens (tertiary/aromatic N) is 3. The van der Waals surface area contributed by atoms with Crippen LogP contribution in [0.3, 0.4) is 0 Å². The largest absolute Gasteiger partial charge is 0.418 e. The minimum atomic E-state index is -4.68. The monoisotopic (exact) mass is 472 g/mol. The molecule has 11 heteroatoms. The van der Waals surface area contributed by atoms with Gasteiger partial charge < -0.3 is 26.0 Å². The van der Waals surface area contributed by atoms with Gasteiger partial charge in [0.15, 0.2) is 0 Å². The Morgan fingerprint density at radius 3 is 2.50 bits per heavy atom. The molecule has 2 heterocycles. The number of carbonyl (C=O) groups is 1. The third kappa shape index (κ3) is 5.61. The molecule has 1 aliphatic rings. The molecule has 1 aromatic heterocycles. The number of carbonyl (C=O) groups excluding carboxylic acids is 1. The molecule has 0 radical (unpaired) electrons. The number of alkyl halides is 3. The van der Waals surface area contributed by atoms with Gasteiger partial charge in [0.05, 0.1) is 36.7 Å². The number of nitrogens with two attached hydrogens (primary N) is 1. The fraction of sp³-hybridized carbons (Fsp3) is 0.261. The number of ether oxygens (including phenoxy) is 1. The lowest BCUT2D eigenvalue weighted by atomic mass is 10.1. The molecule has 2 aromatic carbocycles. The quantitative estimate of drug-likeness (QED) is 0.503. The van der Waals surface area contributed by atoms with Crippen LogP contribution in [0.2, 0.25) is 0 Å². The normalized spacial score (nSPS) is 14.1. The van der Waals surface area contributed by atoms with Crippen molar-refractivity contribution in [3.8, 4) is 11.3 Å². The number of morpholine rings is 1. The Morgan fingerprint density at radius 1 is 1.09 bits per heavy atom. The van der Waals surface area contributed by atoms with Gasteiger partial charge in [0, 0.05) is 36.2 Å². The van der Waals surface area contributed by atoms with E-state index in [1.54, 1.807) is 0 Å². The van der Waals surface area contributed by atoms with E-state index in [1.165, 1.54) is 24.4 Å². The molecule has 0 bridgehead atoms. The van der Waals surface area contributed by atoms with Crippen molar-refractivity contribution in [2.45, 2.75) is 6.18 Å². The first-order valence-corrected chi connectivity index (χ1v) is 10.6. The van der Waals surface area contributed by atoms with Crippen molar-refractivity contribution in [2.24, 2.45) is 5.73 Å². The Hall–Kier alpha value is -3.70. The smallest absolute Gasteiger partial charge is 0.378 e. The lowest BCUT2D eigenvalue weighted by Gasteiger charge is -2.28. The van der Waals surface area contributed by atoms with E-state index in [0.29, 0.717) is 18.9 Å². The van der Waals surface area contributed by atoms with Crippen molar-refractivity contribution in [1.82, 2.24) is 9.97 Å². The van der Waals surface area contributed by atoms with E-state index in [-0.39, 0.29) is 17.2 Å². The number of rotatable bonds is 6. The third-order valence-corrected chi connectivity index (χ3v) is 5.24.